The number of thioether (sulfide) groups is 1. The van der Waals surface area contributed by atoms with Gasteiger partial charge in [0.25, 0.3) is 17.2 Å². The summed E-state index contributed by atoms with van der Waals surface area (Å²) in [6.45, 7) is 4.60. The molecule has 0 atom stereocenters. The Morgan fingerprint density at radius 2 is 1.94 bits per heavy atom. The molecule has 2 aromatic carbocycles. The molecule has 176 valence electrons. The minimum Gasteiger partial charge on any atom is -0.484 e. The van der Waals surface area contributed by atoms with Crippen LogP contribution in [0.5, 0.6) is 5.75 Å². The maximum atomic E-state index is 13.0. The first kappa shape index (κ1) is 23.5. The number of amides is 1. The number of para-hydroxylation sites is 1. The summed E-state index contributed by atoms with van der Waals surface area (Å²) in [6, 6.07) is 14.3. The van der Waals surface area contributed by atoms with Crippen LogP contribution in [0, 0.1) is 11.7 Å². The molecular formula is C24H24FN5O3S. The fraction of sp³-hybridized carbons (Fsp3) is 0.250. The van der Waals surface area contributed by atoms with Gasteiger partial charge in [-0.2, -0.15) is 9.50 Å². The zero-order valence-electron chi connectivity index (χ0n) is 18.8. The normalized spacial score (nSPS) is 11.2. The van der Waals surface area contributed by atoms with Gasteiger partial charge in [0.1, 0.15) is 17.9 Å². The van der Waals surface area contributed by atoms with Crippen LogP contribution in [0.1, 0.15) is 19.5 Å². The Morgan fingerprint density at radius 1 is 1.18 bits per heavy atom. The van der Waals surface area contributed by atoms with E-state index in [1.165, 1.54) is 46.6 Å². The highest BCUT2D eigenvalue weighted by molar-refractivity contribution is 7.98. The smallest absolute Gasteiger partial charge is 0.274 e. The number of nitrogens with zero attached hydrogens (tertiary/aromatic N) is 4. The molecule has 0 radical (unpaired) electrons. The van der Waals surface area contributed by atoms with Crippen LogP contribution in [0.2, 0.25) is 0 Å². The number of nitrogens with one attached hydrogen (secondary N) is 1. The van der Waals surface area contributed by atoms with E-state index >= 15 is 0 Å². The number of rotatable bonds is 9. The molecule has 0 fully saturated rings. The molecule has 4 rings (SSSR count). The van der Waals surface area contributed by atoms with E-state index in [1.807, 2.05) is 18.2 Å². The molecule has 0 unspecified atom stereocenters. The number of hydrogen-bond acceptors (Lipinski definition) is 6. The molecule has 0 bridgehead atoms. The molecule has 8 nitrogen and oxygen atoms in total. The lowest BCUT2D eigenvalue weighted by Crippen LogP contribution is -2.22. The molecule has 1 amide bonds. The minimum absolute atomic E-state index is 0.182. The predicted octanol–water partition coefficient (Wildman–Crippen LogP) is 4.00. The Hall–Kier alpha value is -3.66. The zero-order chi connectivity index (χ0) is 24.1. The molecule has 0 saturated heterocycles. The van der Waals surface area contributed by atoms with Gasteiger partial charge in [0.05, 0.1) is 11.4 Å². The number of hydrogen-bond donors (Lipinski definition) is 1. The second-order valence-corrected chi connectivity index (χ2v) is 9.05. The summed E-state index contributed by atoms with van der Waals surface area (Å²) in [5.41, 5.74) is 1.04. The second-order valence-electron chi connectivity index (χ2n) is 8.03. The van der Waals surface area contributed by atoms with Gasteiger partial charge in [0.15, 0.2) is 6.61 Å². The Balaban J connectivity index is 1.41. The highest BCUT2D eigenvalue weighted by Crippen LogP contribution is 2.29. The van der Waals surface area contributed by atoms with Crippen molar-refractivity contribution in [1.82, 2.24) is 19.2 Å². The first-order chi connectivity index (χ1) is 16.4. The van der Waals surface area contributed by atoms with Gasteiger partial charge in [0, 0.05) is 23.3 Å². The van der Waals surface area contributed by atoms with Crippen LogP contribution in [0.25, 0.3) is 5.78 Å². The largest absolute Gasteiger partial charge is 0.484 e. The van der Waals surface area contributed by atoms with Gasteiger partial charge in [0.2, 0.25) is 0 Å². The maximum absolute atomic E-state index is 13.0. The minimum atomic E-state index is -0.372. The summed E-state index contributed by atoms with van der Waals surface area (Å²) in [7, 11) is 0. The number of anilines is 1. The van der Waals surface area contributed by atoms with Crippen molar-refractivity contribution in [3.05, 3.63) is 82.8 Å². The van der Waals surface area contributed by atoms with Crippen LogP contribution < -0.4 is 15.6 Å². The van der Waals surface area contributed by atoms with Gasteiger partial charge in [-0.1, -0.05) is 26.0 Å². The van der Waals surface area contributed by atoms with Crippen LogP contribution in [-0.2, 0) is 17.1 Å². The summed E-state index contributed by atoms with van der Waals surface area (Å²) in [5, 5.41) is 2.83. The Labute approximate surface area is 199 Å². The SMILES string of the molecule is CC(C)Cn1cnc2nc(CSc3ccccc3NC(=O)COc3ccc(F)cc3)cc(=O)n21. The van der Waals surface area contributed by atoms with Crippen LogP contribution in [0.4, 0.5) is 10.1 Å². The molecule has 34 heavy (non-hydrogen) atoms. The number of carbonyl (C=O) groups is 1. The molecule has 10 heteroatoms. The summed E-state index contributed by atoms with van der Waals surface area (Å²) < 4.78 is 21.6. The number of halogens is 1. The van der Waals surface area contributed by atoms with Gasteiger partial charge >= 0.3 is 0 Å². The van der Waals surface area contributed by atoms with Crippen molar-refractivity contribution in [3.63, 3.8) is 0 Å². The predicted molar refractivity (Wildman–Crippen MR) is 129 cm³/mol. The summed E-state index contributed by atoms with van der Waals surface area (Å²) in [5.74, 6) is 0.856. The van der Waals surface area contributed by atoms with Crippen molar-refractivity contribution < 1.29 is 13.9 Å². The van der Waals surface area contributed by atoms with E-state index in [-0.39, 0.29) is 23.9 Å². The van der Waals surface area contributed by atoms with Crippen LogP contribution in [0.3, 0.4) is 0 Å². The molecule has 0 aliphatic carbocycles. The standard InChI is InChI=1S/C24H24FN5O3S/c1-16(2)12-29-15-26-24-27-18(11-23(32)30(24)29)14-34-21-6-4-3-5-20(21)28-22(31)13-33-19-9-7-17(25)8-10-19/h3-11,15-16H,12-14H2,1-2H3,(H,28,31). The molecular weight excluding hydrogens is 457 g/mol. The first-order valence-electron chi connectivity index (χ1n) is 10.7. The topological polar surface area (TPSA) is 90.5 Å². The third-order valence-corrected chi connectivity index (χ3v) is 5.87. The van der Waals surface area contributed by atoms with E-state index in [1.54, 1.807) is 17.1 Å². The lowest BCUT2D eigenvalue weighted by Gasteiger charge is -2.11. The van der Waals surface area contributed by atoms with Gasteiger partial charge in [-0.05, 0) is 42.3 Å². The van der Waals surface area contributed by atoms with E-state index in [4.69, 9.17) is 4.74 Å². The summed E-state index contributed by atoms with van der Waals surface area (Å²) in [6.07, 6.45) is 1.62. The third kappa shape index (κ3) is 5.82. The van der Waals surface area contributed by atoms with Gasteiger partial charge in [-0.3, -0.25) is 14.3 Å². The number of benzene rings is 2. The molecule has 0 aliphatic heterocycles. The highest BCUT2D eigenvalue weighted by Gasteiger charge is 2.12. The average Bonchev–Trinajstić information content (AvgIpc) is 3.20. The fourth-order valence-corrected chi connectivity index (χ4v) is 4.20. The van der Waals surface area contributed by atoms with Gasteiger partial charge in [-0.15, -0.1) is 11.8 Å². The van der Waals surface area contributed by atoms with Crippen LogP contribution in [0.15, 0.2) is 70.6 Å². The van der Waals surface area contributed by atoms with E-state index < -0.39 is 0 Å². The van der Waals surface area contributed by atoms with Crippen molar-refractivity contribution in [2.45, 2.75) is 31.0 Å². The van der Waals surface area contributed by atoms with Crippen molar-refractivity contribution in [2.75, 3.05) is 11.9 Å². The fourth-order valence-electron chi connectivity index (χ4n) is 3.30. The number of carbonyl (C=O) groups excluding carboxylic acids is 1. The average molecular weight is 482 g/mol. The van der Waals surface area contributed by atoms with Gasteiger partial charge in [-0.25, -0.2) is 9.37 Å². The molecule has 2 aromatic heterocycles. The number of aromatic nitrogens is 4. The lowest BCUT2D eigenvalue weighted by molar-refractivity contribution is -0.118. The first-order valence-corrected chi connectivity index (χ1v) is 11.7. The van der Waals surface area contributed by atoms with Crippen molar-refractivity contribution >= 4 is 29.1 Å². The van der Waals surface area contributed by atoms with E-state index in [0.717, 1.165) is 4.90 Å². The Bertz CT molecular complexity index is 1350. The van der Waals surface area contributed by atoms with E-state index in [2.05, 4.69) is 29.1 Å². The van der Waals surface area contributed by atoms with E-state index in [9.17, 15) is 14.0 Å². The van der Waals surface area contributed by atoms with Gasteiger partial charge < -0.3 is 10.1 Å². The third-order valence-electron chi connectivity index (χ3n) is 4.77. The second kappa shape index (κ2) is 10.5. The molecule has 1 N–H and O–H groups in total. The maximum Gasteiger partial charge on any atom is 0.274 e. The highest BCUT2D eigenvalue weighted by atomic mass is 32.2. The summed E-state index contributed by atoms with van der Waals surface area (Å²) in [4.78, 5) is 34.6. The quantitative estimate of drug-likeness (QED) is 0.364. The molecule has 0 saturated carbocycles. The van der Waals surface area contributed by atoms with Crippen molar-refractivity contribution in [2.24, 2.45) is 5.92 Å². The Morgan fingerprint density at radius 3 is 2.71 bits per heavy atom. The monoisotopic (exact) mass is 481 g/mol. The zero-order valence-corrected chi connectivity index (χ0v) is 19.6. The van der Waals surface area contributed by atoms with Crippen molar-refractivity contribution in [1.29, 1.82) is 0 Å². The van der Waals surface area contributed by atoms with Crippen LogP contribution >= 0.6 is 11.8 Å². The molecule has 0 spiro atoms. The van der Waals surface area contributed by atoms with E-state index in [0.29, 0.717) is 41.1 Å². The molecule has 2 heterocycles. The Kier molecular flexibility index (Phi) is 7.27. The molecule has 0 aliphatic rings. The van der Waals surface area contributed by atoms with Crippen LogP contribution in [-0.4, -0.2) is 31.7 Å². The summed E-state index contributed by atoms with van der Waals surface area (Å²) >= 11 is 1.45. The van der Waals surface area contributed by atoms with Crippen molar-refractivity contribution in [3.8, 4) is 5.75 Å². The number of ether oxygens (including phenoxy) is 1. The number of fused-ring (bicyclic) bond motifs is 1. The molecule has 4 aromatic rings. The lowest BCUT2D eigenvalue weighted by atomic mass is 10.2.